The van der Waals surface area contributed by atoms with Crippen molar-refractivity contribution in [3.8, 4) is 5.75 Å². The van der Waals surface area contributed by atoms with E-state index in [1.165, 1.54) is 9.87 Å². The van der Waals surface area contributed by atoms with Crippen molar-refractivity contribution in [2.75, 3.05) is 25.5 Å². The smallest absolute Gasteiger partial charge is 0.248 e. The molecule has 1 saturated heterocycles. The van der Waals surface area contributed by atoms with E-state index in [9.17, 15) is 13.2 Å². The van der Waals surface area contributed by atoms with Crippen LogP contribution in [0.15, 0.2) is 45.8 Å². The molecule has 0 unspecified atom stereocenters. The van der Waals surface area contributed by atoms with Gasteiger partial charge in [-0.1, -0.05) is 28.9 Å². The van der Waals surface area contributed by atoms with Crippen LogP contribution in [0, 0.1) is 33.6 Å². The first-order chi connectivity index (χ1) is 17.6. The molecule has 9 heteroatoms. The lowest BCUT2D eigenvalue weighted by Crippen LogP contribution is -2.41. The van der Waals surface area contributed by atoms with Crippen molar-refractivity contribution in [3.63, 3.8) is 0 Å². The Balaban J connectivity index is 1.46. The zero-order valence-corrected chi connectivity index (χ0v) is 22.7. The molecule has 0 bridgehead atoms. The number of rotatable bonds is 7. The maximum Gasteiger partial charge on any atom is 0.248 e. The molecule has 2 heterocycles. The summed E-state index contributed by atoms with van der Waals surface area (Å²) in [6, 6.07) is 11.3. The summed E-state index contributed by atoms with van der Waals surface area (Å²) in [5.74, 6) is 0.523. The monoisotopic (exact) mass is 523 g/mol. The van der Waals surface area contributed by atoms with Crippen LogP contribution >= 0.6 is 0 Å². The minimum absolute atomic E-state index is 0.0762. The van der Waals surface area contributed by atoms with Gasteiger partial charge in [0.15, 0.2) is 10.7 Å². The number of hydrogen-bond donors (Lipinski definition) is 1. The number of aryl methyl sites for hydroxylation is 4. The van der Waals surface area contributed by atoms with Crippen LogP contribution in [0.1, 0.15) is 46.5 Å². The molecule has 196 valence electrons. The van der Waals surface area contributed by atoms with E-state index in [-0.39, 0.29) is 35.6 Å². The molecule has 0 saturated carbocycles. The lowest BCUT2D eigenvalue weighted by molar-refractivity contribution is -0.120. The van der Waals surface area contributed by atoms with Crippen molar-refractivity contribution in [2.45, 2.75) is 45.4 Å². The summed E-state index contributed by atoms with van der Waals surface area (Å²) >= 11 is 0. The molecule has 0 radical (unpaired) electrons. The van der Waals surface area contributed by atoms with Crippen molar-refractivity contribution in [3.05, 3.63) is 70.1 Å². The molecule has 1 amide bonds. The molecule has 1 aliphatic heterocycles. The third-order valence-electron chi connectivity index (χ3n) is 6.75. The Morgan fingerprint density at radius 1 is 1.05 bits per heavy atom. The van der Waals surface area contributed by atoms with Crippen molar-refractivity contribution < 1.29 is 22.5 Å². The van der Waals surface area contributed by atoms with Crippen LogP contribution in [0.2, 0.25) is 0 Å². The highest BCUT2D eigenvalue weighted by molar-refractivity contribution is 7.89. The maximum atomic E-state index is 13.6. The Hall–Kier alpha value is -3.43. The minimum atomic E-state index is -3.85. The minimum Gasteiger partial charge on any atom is -0.497 e. The van der Waals surface area contributed by atoms with Crippen LogP contribution < -0.4 is 10.1 Å². The number of piperidine rings is 1. The average Bonchev–Trinajstić information content (AvgIpc) is 3.25. The second kappa shape index (κ2) is 10.9. The predicted octanol–water partition coefficient (Wildman–Crippen LogP) is 5.13. The Morgan fingerprint density at radius 3 is 2.27 bits per heavy atom. The lowest BCUT2D eigenvalue weighted by Gasteiger charge is -2.30. The Bertz CT molecular complexity index is 1390. The number of anilines is 1. The number of carbonyl (C=O) groups excluding carboxylic acids is 1. The normalized spacial score (nSPS) is 15.3. The number of nitrogens with zero attached hydrogens (tertiary/aromatic N) is 2. The van der Waals surface area contributed by atoms with Gasteiger partial charge in [0.1, 0.15) is 11.4 Å². The summed E-state index contributed by atoms with van der Waals surface area (Å²) < 4.78 is 39.2. The molecule has 0 aliphatic carbocycles. The number of hydrogen-bond acceptors (Lipinski definition) is 6. The highest BCUT2D eigenvalue weighted by Crippen LogP contribution is 2.30. The Kier molecular flexibility index (Phi) is 7.85. The summed E-state index contributed by atoms with van der Waals surface area (Å²) in [6.45, 7) is 8.21. The molecular weight excluding hydrogens is 490 g/mol. The van der Waals surface area contributed by atoms with Gasteiger partial charge in [-0.05, 0) is 87.6 Å². The molecule has 37 heavy (non-hydrogen) atoms. The van der Waals surface area contributed by atoms with Crippen LogP contribution in [0.5, 0.6) is 5.75 Å². The third-order valence-corrected chi connectivity index (χ3v) is 8.81. The fourth-order valence-corrected chi connectivity index (χ4v) is 6.54. The molecule has 3 aromatic rings. The topological polar surface area (TPSA) is 102 Å². The quantitative estimate of drug-likeness (QED) is 0.461. The van der Waals surface area contributed by atoms with Gasteiger partial charge in [-0.25, -0.2) is 8.42 Å². The number of carbonyl (C=O) groups is 1. The number of sulfonamides is 1. The largest absolute Gasteiger partial charge is 0.497 e. The van der Waals surface area contributed by atoms with Gasteiger partial charge < -0.3 is 14.6 Å². The number of amides is 1. The van der Waals surface area contributed by atoms with Crippen LogP contribution in [-0.4, -0.2) is 44.0 Å². The van der Waals surface area contributed by atoms with E-state index >= 15 is 0 Å². The van der Waals surface area contributed by atoms with E-state index in [0.717, 1.165) is 16.7 Å². The van der Waals surface area contributed by atoms with E-state index in [2.05, 4.69) is 22.6 Å². The lowest BCUT2D eigenvalue weighted by atomic mass is 9.97. The summed E-state index contributed by atoms with van der Waals surface area (Å²) in [6.07, 6.45) is 4.41. The SMILES string of the molecule is COc1ccc(NC(=O)C2CCN(S(=O)(=O)c3c(C)noc3C=Cc3c(C)cc(C)cc3C)CC2)cc1. The van der Waals surface area contributed by atoms with Crippen LogP contribution in [-0.2, 0) is 14.8 Å². The maximum absolute atomic E-state index is 13.6. The van der Waals surface area contributed by atoms with E-state index in [0.29, 0.717) is 30.0 Å². The number of ether oxygens (including phenoxy) is 1. The van der Waals surface area contributed by atoms with Crippen LogP contribution in [0.3, 0.4) is 0 Å². The molecule has 8 nitrogen and oxygen atoms in total. The fraction of sp³-hybridized carbons (Fsp3) is 0.357. The van der Waals surface area contributed by atoms with Gasteiger partial charge in [0, 0.05) is 24.7 Å². The summed E-state index contributed by atoms with van der Waals surface area (Å²) in [5, 5.41) is 6.86. The van der Waals surface area contributed by atoms with Gasteiger partial charge in [0.25, 0.3) is 0 Å². The molecule has 1 N–H and O–H groups in total. The summed E-state index contributed by atoms with van der Waals surface area (Å²) in [5.41, 5.74) is 5.39. The first kappa shape index (κ1) is 26.6. The van der Waals surface area contributed by atoms with Gasteiger partial charge in [0.2, 0.25) is 15.9 Å². The van der Waals surface area contributed by atoms with Crippen molar-refractivity contribution >= 4 is 33.8 Å². The summed E-state index contributed by atoms with van der Waals surface area (Å²) in [7, 11) is -2.26. The summed E-state index contributed by atoms with van der Waals surface area (Å²) in [4.78, 5) is 12.8. The second-order valence-corrected chi connectivity index (χ2v) is 11.4. The second-order valence-electron chi connectivity index (χ2n) is 9.50. The van der Waals surface area contributed by atoms with Crippen LogP contribution in [0.25, 0.3) is 12.2 Å². The zero-order valence-electron chi connectivity index (χ0n) is 21.9. The predicted molar refractivity (Wildman–Crippen MR) is 144 cm³/mol. The Labute approximate surface area is 218 Å². The number of methoxy groups -OCH3 is 1. The number of aromatic nitrogens is 1. The van der Waals surface area contributed by atoms with E-state index in [1.807, 2.05) is 26.8 Å². The standard InChI is InChI=1S/C28H33N3O5S/c1-18-16-19(2)25(20(3)17-18)10-11-26-27(21(4)30-36-26)37(33,34)31-14-12-22(13-15-31)28(32)29-23-6-8-24(35-5)9-7-23/h6-11,16-17,22H,12-15H2,1-5H3,(H,29,32). The molecule has 2 aromatic carbocycles. The first-order valence-corrected chi connectivity index (χ1v) is 13.7. The molecule has 4 rings (SSSR count). The number of nitrogens with one attached hydrogen (secondary N) is 1. The third kappa shape index (κ3) is 5.78. The number of benzene rings is 2. The molecule has 1 aliphatic rings. The highest BCUT2D eigenvalue weighted by Gasteiger charge is 2.36. The fourth-order valence-electron chi connectivity index (χ4n) is 4.82. The average molecular weight is 524 g/mol. The van der Waals surface area contributed by atoms with E-state index in [1.54, 1.807) is 44.4 Å². The molecule has 0 spiro atoms. The van der Waals surface area contributed by atoms with E-state index in [4.69, 9.17) is 9.26 Å². The Morgan fingerprint density at radius 2 is 1.68 bits per heavy atom. The molecule has 0 atom stereocenters. The van der Waals surface area contributed by atoms with Gasteiger partial charge in [0.05, 0.1) is 7.11 Å². The van der Waals surface area contributed by atoms with Crippen LogP contribution in [0.4, 0.5) is 5.69 Å². The van der Waals surface area contributed by atoms with E-state index < -0.39 is 10.0 Å². The van der Waals surface area contributed by atoms with Gasteiger partial charge in [-0.15, -0.1) is 0 Å². The first-order valence-electron chi connectivity index (χ1n) is 12.3. The molecule has 1 aromatic heterocycles. The van der Waals surface area contributed by atoms with Crippen molar-refractivity contribution in [1.29, 1.82) is 0 Å². The molecular formula is C28H33N3O5S. The van der Waals surface area contributed by atoms with Gasteiger partial charge >= 0.3 is 0 Å². The molecule has 1 fully saturated rings. The van der Waals surface area contributed by atoms with Gasteiger partial charge in [-0.3, -0.25) is 4.79 Å². The zero-order chi connectivity index (χ0) is 26.7. The van der Waals surface area contributed by atoms with Crippen molar-refractivity contribution in [2.24, 2.45) is 5.92 Å². The van der Waals surface area contributed by atoms with Gasteiger partial charge in [-0.2, -0.15) is 4.31 Å². The van der Waals surface area contributed by atoms with Crippen molar-refractivity contribution in [1.82, 2.24) is 9.46 Å². The highest BCUT2D eigenvalue weighted by atomic mass is 32.2.